The summed E-state index contributed by atoms with van der Waals surface area (Å²) in [4.78, 5) is 30.4. The summed E-state index contributed by atoms with van der Waals surface area (Å²) >= 11 is 0. The average molecular weight is 449 g/mol. The molecule has 5 nitrogen and oxygen atoms in total. The number of carbonyl (C=O) groups excluding carboxylic acids is 2. The van der Waals surface area contributed by atoms with Gasteiger partial charge in [0.25, 0.3) is 0 Å². The minimum absolute atomic E-state index is 0.0750. The summed E-state index contributed by atoms with van der Waals surface area (Å²) in [6, 6.07) is 14.0. The number of amides is 2. The molecule has 0 radical (unpaired) electrons. The van der Waals surface area contributed by atoms with Gasteiger partial charge in [0.2, 0.25) is 11.8 Å². The Labute approximate surface area is 197 Å². The number of ether oxygens (including phenoxy) is 1. The predicted octanol–water partition coefficient (Wildman–Crippen LogP) is 4.67. The maximum atomic E-state index is 13.6. The van der Waals surface area contributed by atoms with Crippen molar-refractivity contribution >= 4 is 11.8 Å². The fraction of sp³-hybridized carbons (Fsp3) is 0.500. The van der Waals surface area contributed by atoms with Gasteiger partial charge in [-0.25, -0.2) is 0 Å². The lowest BCUT2D eigenvalue weighted by Gasteiger charge is -2.41. The summed E-state index contributed by atoms with van der Waals surface area (Å²) in [6.07, 6.45) is 2.79. The van der Waals surface area contributed by atoms with E-state index in [1.807, 2.05) is 35.8 Å². The first-order chi connectivity index (χ1) is 15.8. The molecule has 0 N–H and O–H groups in total. The molecular weight excluding hydrogens is 412 g/mol. The number of piperidine rings is 1. The lowest BCUT2D eigenvalue weighted by Crippen LogP contribution is -2.55. The highest BCUT2D eigenvalue weighted by Crippen LogP contribution is 2.28. The van der Waals surface area contributed by atoms with Crippen molar-refractivity contribution in [3.63, 3.8) is 0 Å². The fourth-order valence-electron chi connectivity index (χ4n) is 4.89. The van der Waals surface area contributed by atoms with Gasteiger partial charge < -0.3 is 14.5 Å². The molecular formula is C28H36N2O3. The molecule has 0 saturated carbocycles. The molecule has 0 aromatic heterocycles. The van der Waals surface area contributed by atoms with Crippen LogP contribution in [-0.2, 0) is 22.6 Å². The molecule has 176 valence electrons. The van der Waals surface area contributed by atoms with Crippen LogP contribution >= 0.6 is 0 Å². The smallest absolute Gasteiger partial charge is 0.245 e. The number of rotatable bonds is 5. The standard InChI is InChI=1S/C28H36N2O3/c1-19(2)15-27(31)30-18-23-8-6-5-7-22(23)17-25(30)28(32)29-13-11-24(12-14-29)33-26-16-20(3)9-10-21(26)4/h5-10,16,19,24-25H,11-15,17-18H2,1-4H3. The molecule has 4 rings (SSSR count). The summed E-state index contributed by atoms with van der Waals surface area (Å²) in [5, 5.41) is 0. The molecule has 0 bridgehead atoms. The molecule has 2 aliphatic rings. The van der Waals surface area contributed by atoms with Crippen LogP contribution in [0, 0.1) is 19.8 Å². The molecule has 1 saturated heterocycles. The Bertz CT molecular complexity index is 1010. The van der Waals surface area contributed by atoms with Crippen LogP contribution in [0.3, 0.4) is 0 Å². The van der Waals surface area contributed by atoms with Gasteiger partial charge in [0.05, 0.1) is 0 Å². The van der Waals surface area contributed by atoms with Crippen molar-refractivity contribution in [2.45, 2.75) is 72.1 Å². The second-order valence-electron chi connectivity index (χ2n) is 10.0. The summed E-state index contributed by atoms with van der Waals surface area (Å²) in [5.74, 6) is 1.36. The second-order valence-corrected chi connectivity index (χ2v) is 10.0. The van der Waals surface area contributed by atoms with Gasteiger partial charge in [-0.1, -0.05) is 50.2 Å². The Hall–Kier alpha value is -2.82. The molecule has 1 fully saturated rings. The fourth-order valence-corrected chi connectivity index (χ4v) is 4.89. The Morgan fingerprint density at radius 2 is 1.73 bits per heavy atom. The highest BCUT2D eigenvalue weighted by molar-refractivity contribution is 5.88. The first kappa shape index (κ1) is 23.3. The Balaban J connectivity index is 1.43. The maximum Gasteiger partial charge on any atom is 0.245 e. The van der Waals surface area contributed by atoms with E-state index in [2.05, 4.69) is 44.2 Å². The summed E-state index contributed by atoms with van der Waals surface area (Å²) in [6.45, 7) is 10.1. The number of benzene rings is 2. The molecule has 2 heterocycles. The molecule has 2 aliphatic heterocycles. The van der Waals surface area contributed by atoms with Gasteiger partial charge in [-0.3, -0.25) is 9.59 Å². The molecule has 1 atom stereocenters. The first-order valence-corrected chi connectivity index (χ1v) is 12.2. The van der Waals surface area contributed by atoms with Crippen LogP contribution in [0.2, 0.25) is 0 Å². The summed E-state index contributed by atoms with van der Waals surface area (Å²) in [7, 11) is 0. The number of carbonyl (C=O) groups is 2. The van der Waals surface area contributed by atoms with E-state index >= 15 is 0 Å². The van der Waals surface area contributed by atoms with Gasteiger partial charge in [0.1, 0.15) is 17.9 Å². The molecule has 0 aliphatic carbocycles. The van der Waals surface area contributed by atoms with Crippen molar-refractivity contribution in [2.75, 3.05) is 13.1 Å². The van der Waals surface area contributed by atoms with Gasteiger partial charge in [-0.05, 0) is 48.1 Å². The molecule has 1 unspecified atom stereocenters. The normalized spacial score (nSPS) is 18.9. The Morgan fingerprint density at radius 1 is 1.03 bits per heavy atom. The largest absolute Gasteiger partial charge is 0.490 e. The van der Waals surface area contributed by atoms with E-state index < -0.39 is 6.04 Å². The van der Waals surface area contributed by atoms with E-state index in [-0.39, 0.29) is 23.8 Å². The predicted molar refractivity (Wildman–Crippen MR) is 130 cm³/mol. The van der Waals surface area contributed by atoms with Crippen LogP contribution in [0.15, 0.2) is 42.5 Å². The van der Waals surface area contributed by atoms with Gasteiger partial charge >= 0.3 is 0 Å². The third kappa shape index (κ3) is 5.40. The van der Waals surface area contributed by atoms with Crippen molar-refractivity contribution in [1.29, 1.82) is 0 Å². The van der Waals surface area contributed by atoms with Gasteiger partial charge in [0, 0.05) is 45.3 Å². The molecule has 2 aromatic rings. The maximum absolute atomic E-state index is 13.6. The SMILES string of the molecule is Cc1ccc(C)c(OC2CCN(C(=O)C3Cc4ccccc4CN3C(=O)CC(C)C)CC2)c1. The van der Waals surface area contributed by atoms with Crippen molar-refractivity contribution in [3.05, 3.63) is 64.7 Å². The second kappa shape index (κ2) is 9.98. The average Bonchev–Trinajstić information content (AvgIpc) is 2.80. The topological polar surface area (TPSA) is 49.9 Å². The van der Waals surface area contributed by atoms with Crippen LogP contribution in [-0.4, -0.2) is 46.8 Å². The van der Waals surface area contributed by atoms with Crippen molar-refractivity contribution in [2.24, 2.45) is 5.92 Å². The zero-order valence-electron chi connectivity index (χ0n) is 20.3. The minimum atomic E-state index is -0.414. The third-order valence-corrected chi connectivity index (χ3v) is 6.83. The van der Waals surface area contributed by atoms with Gasteiger partial charge in [0.15, 0.2) is 0 Å². The Kier molecular flexibility index (Phi) is 7.06. The minimum Gasteiger partial charge on any atom is -0.490 e. The highest BCUT2D eigenvalue weighted by atomic mass is 16.5. The lowest BCUT2D eigenvalue weighted by molar-refractivity contribution is -0.148. The summed E-state index contributed by atoms with van der Waals surface area (Å²) in [5.41, 5.74) is 4.66. The van der Waals surface area contributed by atoms with Gasteiger partial charge in [-0.2, -0.15) is 0 Å². The highest BCUT2D eigenvalue weighted by Gasteiger charge is 2.38. The van der Waals surface area contributed by atoms with Crippen LogP contribution in [0.25, 0.3) is 0 Å². The molecule has 33 heavy (non-hydrogen) atoms. The van der Waals surface area contributed by atoms with E-state index in [9.17, 15) is 9.59 Å². The van der Waals surface area contributed by atoms with E-state index in [0.29, 0.717) is 32.5 Å². The van der Waals surface area contributed by atoms with E-state index in [4.69, 9.17) is 4.74 Å². The molecule has 2 amide bonds. The first-order valence-electron chi connectivity index (χ1n) is 12.2. The van der Waals surface area contributed by atoms with Crippen LogP contribution in [0.4, 0.5) is 0 Å². The molecule has 5 heteroatoms. The van der Waals surface area contributed by atoms with Gasteiger partial charge in [-0.15, -0.1) is 0 Å². The van der Waals surface area contributed by atoms with Crippen LogP contribution in [0.1, 0.15) is 55.4 Å². The number of hydrogen-bond acceptors (Lipinski definition) is 3. The summed E-state index contributed by atoms with van der Waals surface area (Å²) < 4.78 is 6.29. The zero-order valence-corrected chi connectivity index (χ0v) is 20.3. The van der Waals surface area contributed by atoms with E-state index in [1.54, 1.807) is 0 Å². The zero-order chi connectivity index (χ0) is 23.5. The third-order valence-electron chi connectivity index (χ3n) is 6.83. The molecule has 0 spiro atoms. The van der Waals surface area contributed by atoms with E-state index in [0.717, 1.165) is 29.7 Å². The van der Waals surface area contributed by atoms with Crippen molar-refractivity contribution in [3.8, 4) is 5.75 Å². The molecule has 2 aromatic carbocycles. The van der Waals surface area contributed by atoms with Crippen molar-refractivity contribution < 1.29 is 14.3 Å². The monoisotopic (exact) mass is 448 g/mol. The van der Waals surface area contributed by atoms with Crippen LogP contribution < -0.4 is 4.74 Å². The number of fused-ring (bicyclic) bond motifs is 1. The quantitative estimate of drug-likeness (QED) is 0.668. The number of likely N-dealkylation sites (tertiary alicyclic amines) is 1. The van der Waals surface area contributed by atoms with E-state index in [1.165, 1.54) is 11.1 Å². The Morgan fingerprint density at radius 3 is 2.42 bits per heavy atom. The number of nitrogens with zero attached hydrogens (tertiary/aromatic N) is 2. The van der Waals surface area contributed by atoms with Crippen molar-refractivity contribution in [1.82, 2.24) is 9.80 Å². The van der Waals surface area contributed by atoms with Crippen LogP contribution in [0.5, 0.6) is 5.75 Å². The number of hydrogen-bond donors (Lipinski definition) is 0. The number of aryl methyl sites for hydroxylation is 2. The lowest BCUT2D eigenvalue weighted by atomic mass is 9.92.